The molecule has 0 aliphatic rings. The van der Waals surface area contributed by atoms with E-state index < -0.39 is 11.8 Å². The molecule has 0 aromatic carbocycles. The van der Waals surface area contributed by atoms with Crippen LogP contribution in [-0.2, 0) is 16.0 Å². The molecule has 70 valence electrons. The number of rotatable bonds is 3. The highest BCUT2D eigenvalue weighted by molar-refractivity contribution is 9.10. The van der Waals surface area contributed by atoms with Crippen LogP contribution in [0.3, 0.4) is 0 Å². The van der Waals surface area contributed by atoms with E-state index in [1.54, 1.807) is 0 Å². The fraction of sp³-hybridized carbons (Fsp3) is 0.250. The van der Waals surface area contributed by atoms with Crippen LogP contribution in [0, 0.1) is 6.92 Å². The molecule has 0 unspecified atom stereocenters. The number of aliphatic carboxylic acids is 1. The number of hydrogen-bond acceptors (Lipinski definition) is 3. The third-order valence-corrected chi connectivity index (χ3v) is 3.46. The summed E-state index contributed by atoms with van der Waals surface area (Å²) in [6, 6.07) is 1.87. The maximum Gasteiger partial charge on any atom is 0.372 e. The van der Waals surface area contributed by atoms with Crippen LogP contribution in [0.5, 0.6) is 0 Å². The summed E-state index contributed by atoms with van der Waals surface area (Å²) in [4.78, 5) is 22.9. The highest BCUT2D eigenvalue weighted by Gasteiger charge is 2.15. The predicted molar refractivity (Wildman–Crippen MR) is 53.1 cm³/mol. The Morgan fingerprint density at radius 3 is 2.62 bits per heavy atom. The van der Waals surface area contributed by atoms with Crippen molar-refractivity contribution in [1.29, 1.82) is 0 Å². The van der Waals surface area contributed by atoms with Crippen LogP contribution in [0.25, 0.3) is 0 Å². The predicted octanol–water partition coefficient (Wildman–Crippen LogP) is 2.02. The van der Waals surface area contributed by atoms with Gasteiger partial charge in [-0.25, -0.2) is 4.79 Å². The van der Waals surface area contributed by atoms with Crippen LogP contribution in [0.15, 0.2) is 10.5 Å². The molecule has 0 fully saturated rings. The number of Topliss-reactive ketones (excluding diaryl/α,β-unsaturated/α-hetero) is 1. The molecule has 0 saturated heterocycles. The lowest BCUT2D eigenvalue weighted by atomic mass is 10.2. The van der Waals surface area contributed by atoms with Crippen molar-refractivity contribution in [3.8, 4) is 0 Å². The number of carboxylic acid groups (broad SMARTS) is 1. The quantitative estimate of drug-likeness (QED) is 0.849. The van der Waals surface area contributed by atoms with Gasteiger partial charge in [-0.15, -0.1) is 11.3 Å². The summed E-state index contributed by atoms with van der Waals surface area (Å²) in [6.07, 6.45) is -0.0333. The van der Waals surface area contributed by atoms with Gasteiger partial charge >= 0.3 is 5.97 Å². The van der Waals surface area contributed by atoms with Gasteiger partial charge in [0.05, 0.1) is 6.42 Å². The number of carbonyl (C=O) groups excluding carboxylic acids is 1. The number of ketones is 1. The molecule has 1 N–H and O–H groups in total. The molecule has 3 nitrogen and oxygen atoms in total. The molecule has 0 amide bonds. The average molecular weight is 263 g/mol. The largest absolute Gasteiger partial charge is 0.475 e. The van der Waals surface area contributed by atoms with E-state index in [0.717, 1.165) is 14.2 Å². The molecule has 0 bridgehead atoms. The zero-order valence-electron chi connectivity index (χ0n) is 6.83. The van der Waals surface area contributed by atoms with Gasteiger partial charge in [-0.3, -0.25) is 4.79 Å². The smallest absolute Gasteiger partial charge is 0.372 e. The number of thiophene rings is 1. The number of carbonyl (C=O) groups is 2. The Bertz CT molecular complexity index is 356. The summed E-state index contributed by atoms with van der Waals surface area (Å²) in [7, 11) is 0. The lowest BCUT2D eigenvalue weighted by Gasteiger charge is -1.92. The van der Waals surface area contributed by atoms with Crippen molar-refractivity contribution in [2.45, 2.75) is 13.3 Å². The van der Waals surface area contributed by atoms with Gasteiger partial charge in [0, 0.05) is 14.2 Å². The highest BCUT2D eigenvalue weighted by atomic mass is 79.9. The van der Waals surface area contributed by atoms with E-state index in [1.807, 2.05) is 13.0 Å². The van der Waals surface area contributed by atoms with Gasteiger partial charge in [0.1, 0.15) is 0 Å². The van der Waals surface area contributed by atoms with Gasteiger partial charge in [-0.05, 0) is 28.9 Å². The van der Waals surface area contributed by atoms with E-state index in [4.69, 9.17) is 5.11 Å². The Hall–Kier alpha value is -0.680. The van der Waals surface area contributed by atoms with Gasteiger partial charge < -0.3 is 5.11 Å². The Morgan fingerprint density at radius 2 is 2.23 bits per heavy atom. The maximum absolute atomic E-state index is 10.9. The van der Waals surface area contributed by atoms with Gasteiger partial charge in [0.15, 0.2) is 0 Å². The molecule has 0 atom stereocenters. The van der Waals surface area contributed by atoms with Crippen LogP contribution >= 0.6 is 27.3 Å². The van der Waals surface area contributed by atoms with Gasteiger partial charge in [0.25, 0.3) is 0 Å². The Labute approximate surface area is 87.5 Å². The van der Waals surface area contributed by atoms with Crippen molar-refractivity contribution >= 4 is 39.0 Å². The molecular weight excluding hydrogens is 256 g/mol. The van der Waals surface area contributed by atoms with E-state index in [1.165, 1.54) is 11.3 Å². The number of aryl methyl sites for hydroxylation is 1. The molecule has 5 heteroatoms. The molecule has 1 rings (SSSR count). The highest BCUT2D eigenvalue weighted by Crippen LogP contribution is 2.27. The number of halogens is 1. The van der Waals surface area contributed by atoms with Crippen molar-refractivity contribution in [3.63, 3.8) is 0 Å². The molecule has 0 radical (unpaired) electrons. The van der Waals surface area contributed by atoms with E-state index >= 15 is 0 Å². The molecule has 1 aromatic rings. The van der Waals surface area contributed by atoms with E-state index in [9.17, 15) is 9.59 Å². The van der Waals surface area contributed by atoms with E-state index in [2.05, 4.69) is 15.9 Å². The van der Waals surface area contributed by atoms with Gasteiger partial charge in [0.2, 0.25) is 5.78 Å². The molecular formula is C8H7BrO3S. The Kier molecular flexibility index (Phi) is 3.22. The second kappa shape index (κ2) is 4.02. The third-order valence-electron chi connectivity index (χ3n) is 1.44. The van der Waals surface area contributed by atoms with Crippen molar-refractivity contribution in [1.82, 2.24) is 0 Å². The number of hydrogen-bond donors (Lipinski definition) is 1. The van der Waals surface area contributed by atoms with Crippen molar-refractivity contribution in [3.05, 3.63) is 20.3 Å². The fourth-order valence-electron chi connectivity index (χ4n) is 0.873. The first kappa shape index (κ1) is 10.4. The normalized spacial score (nSPS) is 10.0. The molecule has 0 aliphatic heterocycles. The third kappa shape index (κ3) is 2.63. The van der Waals surface area contributed by atoms with Gasteiger partial charge in [-0.1, -0.05) is 0 Å². The van der Waals surface area contributed by atoms with Crippen molar-refractivity contribution < 1.29 is 14.7 Å². The van der Waals surface area contributed by atoms with E-state index in [-0.39, 0.29) is 6.42 Å². The zero-order chi connectivity index (χ0) is 10.0. The molecule has 0 saturated carbocycles. The van der Waals surface area contributed by atoms with Crippen LogP contribution in [-0.4, -0.2) is 16.9 Å². The standard InChI is InChI=1S/C8H7BrO3S/c1-4-2-5(9)7(13-4)3-6(10)8(11)12/h2H,3H2,1H3,(H,11,12). The molecule has 13 heavy (non-hydrogen) atoms. The molecule has 0 aliphatic carbocycles. The first-order valence-corrected chi connectivity index (χ1v) is 5.12. The lowest BCUT2D eigenvalue weighted by Crippen LogP contribution is -2.14. The minimum Gasteiger partial charge on any atom is -0.475 e. The molecule has 1 heterocycles. The monoisotopic (exact) mass is 262 g/mol. The van der Waals surface area contributed by atoms with Crippen LogP contribution in [0.1, 0.15) is 9.75 Å². The number of carboxylic acids is 1. The Balaban J connectivity index is 2.80. The lowest BCUT2D eigenvalue weighted by molar-refractivity contribution is -0.148. The molecule has 1 aromatic heterocycles. The second-order valence-corrected chi connectivity index (χ2v) is 4.73. The first-order chi connectivity index (χ1) is 6.00. The molecule has 0 spiro atoms. The summed E-state index contributed by atoms with van der Waals surface area (Å²) in [5.41, 5.74) is 0. The second-order valence-electron chi connectivity index (χ2n) is 2.53. The summed E-state index contributed by atoms with van der Waals surface area (Å²) >= 11 is 4.69. The summed E-state index contributed by atoms with van der Waals surface area (Å²) < 4.78 is 0.810. The summed E-state index contributed by atoms with van der Waals surface area (Å²) in [5, 5.41) is 8.38. The van der Waals surface area contributed by atoms with E-state index in [0.29, 0.717) is 0 Å². The average Bonchev–Trinajstić information content (AvgIpc) is 2.30. The topological polar surface area (TPSA) is 54.4 Å². The summed E-state index contributed by atoms with van der Waals surface area (Å²) in [6.45, 7) is 1.91. The van der Waals surface area contributed by atoms with Crippen molar-refractivity contribution in [2.24, 2.45) is 0 Å². The minimum atomic E-state index is -1.38. The Morgan fingerprint density at radius 1 is 1.62 bits per heavy atom. The zero-order valence-corrected chi connectivity index (χ0v) is 9.24. The van der Waals surface area contributed by atoms with Crippen LogP contribution in [0.4, 0.5) is 0 Å². The van der Waals surface area contributed by atoms with Crippen LogP contribution < -0.4 is 0 Å². The van der Waals surface area contributed by atoms with Gasteiger partial charge in [-0.2, -0.15) is 0 Å². The minimum absolute atomic E-state index is 0.0333. The van der Waals surface area contributed by atoms with Crippen LogP contribution in [0.2, 0.25) is 0 Å². The van der Waals surface area contributed by atoms with Crippen molar-refractivity contribution in [2.75, 3.05) is 0 Å². The maximum atomic E-state index is 10.9. The summed E-state index contributed by atoms with van der Waals surface area (Å²) in [5.74, 6) is -2.15. The fourth-order valence-corrected chi connectivity index (χ4v) is 2.68. The first-order valence-electron chi connectivity index (χ1n) is 3.51. The SMILES string of the molecule is Cc1cc(Br)c(CC(=O)C(=O)O)s1.